The Labute approximate surface area is 132 Å². The fraction of sp³-hybridized carbons (Fsp3) is 0.700. The molecule has 2 atom stereocenters. The molecule has 0 amide bonds. The number of hydrogen-bond acceptors (Lipinski definition) is 1. The molecule has 0 aliphatic heterocycles. The van der Waals surface area contributed by atoms with Gasteiger partial charge >= 0.3 is 0 Å². The van der Waals surface area contributed by atoms with Gasteiger partial charge in [-0.25, -0.2) is 0 Å². The van der Waals surface area contributed by atoms with E-state index in [1.165, 1.54) is 62.5 Å². The van der Waals surface area contributed by atoms with Gasteiger partial charge in [0.25, 0.3) is 0 Å². The van der Waals surface area contributed by atoms with Crippen LogP contribution >= 0.6 is 0 Å². The Hall–Kier alpha value is -0.820. The molecule has 1 heteroatoms. The summed E-state index contributed by atoms with van der Waals surface area (Å²) >= 11 is 0. The van der Waals surface area contributed by atoms with Crippen LogP contribution in [0.1, 0.15) is 89.8 Å². The molecule has 1 rings (SSSR count). The zero-order chi connectivity index (χ0) is 15.5. The van der Waals surface area contributed by atoms with Crippen molar-refractivity contribution in [2.75, 3.05) is 0 Å². The summed E-state index contributed by atoms with van der Waals surface area (Å²) < 4.78 is 0. The van der Waals surface area contributed by atoms with Crippen LogP contribution in [0.3, 0.4) is 0 Å². The molecule has 0 aliphatic carbocycles. The van der Waals surface area contributed by atoms with E-state index in [1.54, 1.807) is 0 Å². The minimum absolute atomic E-state index is 0.450. The van der Waals surface area contributed by atoms with Gasteiger partial charge in [0.05, 0.1) is 0 Å². The third-order valence-corrected chi connectivity index (χ3v) is 4.32. The van der Waals surface area contributed by atoms with E-state index in [2.05, 4.69) is 57.3 Å². The molecule has 0 spiro atoms. The summed E-state index contributed by atoms with van der Waals surface area (Å²) in [6.45, 7) is 9.12. The molecule has 1 aromatic rings. The van der Waals surface area contributed by atoms with Gasteiger partial charge in [-0.3, -0.25) is 0 Å². The van der Waals surface area contributed by atoms with Crippen LogP contribution in [-0.2, 0) is 6.42 Å². The molecule has 0 saturated heterocycles. The number of nitrogens with one attached hydrogen (secondary N) is 1. The van der Waals surface area contributed by atoms with Crippen molar-refractivity contribution >= 4 is 0 Å². The first kappa shape index (κ1) is 18.2. The fourth-order valence-electron chi connectivity index (χ4n) is 2.84. The normalized spacial score (nSPS) is 14.1. The molecular formula is C20H35N. The van der Waals surface area contributed by atoms with Crippen LogP contribution in [0, 0.1) is 0 Å². The van der Waals surface area contributed by atoms with Crippen LogP contribution in [0.2, 0.25) is 0 Å². The Kier molecular flexibility index (Phi) is 9.41. The van der Waals surface area contributed by atoms with Crippen LogP contribution < -0.4 is 5.32 Å². The van der Waals surface area contributed by atoms with Crippen molar-refractivity contribution in [3.63, 3.8) is 0 Å². The Morgan fingerprint density at radius 2 is 1.52 bits per heavy atom. The minimum Gasteiger partial charge on any atom is -0.308 e. The molecule has 0 radical (unpaired) electrons. The molecule has 1 aromatic carbocycles. The van der Waals surface area contributed by atoms with Crippen LogP contribution in [0.25, 0.3) is 0 Å². The van der Waals surface area contributed by atoms with Gasteiger partial charge in [0.1, 0.15) is 0 Å². The molecule has 0 bridgehead atoms. The van der Waals surface area contributed by atoms with Crippen molar-refractivity contribution in [2.45, 2.75) is 91.1 Å². The maximum absolute atomic E-state index is 3.74. The number of hydrogen-bond donors (Lipinski definition) is 1. The second-order valence-electron chi connectivity index (χ2n) is 6.48. The highest BCUT2D eigenvalue weighted by Gasteiger charge is 2.09. The smallest absolute Gasteiger partial charge is 0.0294 e. The summed E-state index contributed by atoms with van der Waals surface area (Å²) in [6.07, 6.45) is 10.5. The van der Waals surface area contributed by atoms with Crippen molar-refractivity contribution < 1.29 is 0 Å². The summed E-state index contributed by atoms with van der Waals surface area (Å²) in [7, 11) is 0. The quantitative estimate of drug-likeness (QED) is 0.490. The Bertz CT molecular complexity index is 355. The second-order valence-corrected chi connectivity index (χ2v) is 6.48. The van der Waals surface area contributed by atoms with Crippen molar-refractivity contribution in [1.29, 1.82) is 0 Å². The first-order valence-electron chi connectivity index (χ1n) is 9.02. The molecule has 0 heterocycles. The van der Waals surface area contributed by atoms with E-state index < -0.39 is 0 Å². The van der Waals surface area contributed by atoms with Crippen molar-refractivity contribution in [3.8, 4) is 0 Å². The lowest BCUT2D eigenvalue weighted by Crippen LogP contribution is -2.28. The fourth-order valence-corrected chi connectivity index (χ4v) is 2.84. The molecule has 0 fully saturated rings. The lowest BCUT2D eigenvalue weighted by Gasteiger charge is -2.20. The molecule has 0 saturated carbocycles. The maximum Gasteiger partial charge on any atom is 0.0294 e. The van der Waals surface area contributed by atoms with Gasteiger partial charge in [0, 0.05) is 12.1 Å². The van der Waals surface area contributed by atoms with E-state index in [4.69, 9.17) is 0 Å². The SMILES string of the molecule is CCCCCCC(C)NC(C)c1ccc(CCCC)cc1. The monoisotopic (exact) mass is 289 g/mol. The standard InChI is InChI=1S/C20H35N/c1-5-7-9-10-11-17(3)21-18(4)20-15-13-19(14-16-20)12-8-6-2/h13-18,21H,5-12H2,1-4H3. The molecule has 120 valence electrons. The van der Waals surface area contributed by atoms with Crippen LogP contribution in [0.5, 0.6) is 0 Å². The molecule has 2 unspecified atom stereocenters. The number of rotatable bonds is 11. The summed E-state index contributed by atoms with van der Waals surface area (Å²) in [5.41, 5.74) is 2.89. The Balaban J connectivity index is 2.34. The molecule has 0 aliphatic rings. The Morgan fingerprint density at radius 3 is 2.14 bits per heavy atom. The first-order chi connectivity index (χ1) is 10.2. The van der Waals surface area contributed by atoms with Crippen molar-refractivity contribution in [2.24, 2.45) is 0 Å². The molecule has 1 nitrogen and oxygen atoms in total. The van der Waals surface area contributed by atoms with Crippen LogP contribution in [0.4, 0.5) is 0 Å². The molecule has 0 aromatic heterocycles. The third kappa shape index (κ3) is 7.66. The van der Waals surface area contributed by atoms with E-state index >= 15 is 0 Å². The highest BCUT2D eigenvalue weighted by molar-refractivity contribution is 5.24. The average Bonchev–Trinajstić information content (AvgIpc) is 2.50. The Morgan fingerprint density at radius 1 is 0.857 bits per heavy atom. The van der Waals surface area contributed by atoms with Crippen molar-refractivity contribution in [1.82, 2.24) is 5.32 Å². The number of benzene rings is 1. The molecular weight excluding hydrogens is 254 g/mol. The van der Waals surface area contributed by atoms with Gasteiger partial charge in [0.2, 0.25) is 0 Å². The first-order valence-corrected chi connectivity index (χ1v) is 9.02. The zero-order valence-electron chi connectivity index (χ0n) is 14.6. The van der Waals surface area contributed by atoms with Gasteiger partial charge in [-0.15, -0.1) is 0 Å². The summed E-state index contributed by atoms with van der Waals surface area (Å²) in [4.78, 5) is 0. The number of unbranched alkanes of at least 4 members (excludes halogenated alkanes) is 4. The minimum atomic E-state index is 0.450. The number of aryl methyl sites for hydroxylation is 1. The predicted octanol–water partition coefficient (Wildman–Crippen LogP) is 6.04. The van der Waals surface area contributed by atoms with E-state index in [9.17, 15) is 0 Å². The summed E-state index contributed by atoms with van der Waals surface area (Å²) in [5, 5.41) is 3.74. The van der Waals surface area contributed by atoms with Crippen LogP contribution in [0.15, 0.2) is 24.3 Å². The van der Waals surface area contributed by atoms with E-state index in [1.807, 2.05) is 0 Å². The van der Waals surface area contributed by atoms with Crippen molar-refractivity contribution in [3.05, 3.63) is 35.4 Å². The average molecular weight is 290 g/mol. The highest BCUT2D eigenvalue weighted by Crippen LogP contribution is 2.16. The zero-order valence-corrected chi connectivity index (χ0v) is 14.6. The molecule has 21 heavy (non-hydrogen) atoms. The third-order valence-electron chi connectivity index (χ3n) is 4.32. The summed E-state index contributed by atoms with van der Waals surface area (Å²) in [6, 6.07) is 10.3. The lowest BCUT2D eigenvalue weighted by molar-refractivity contribution is 0.438. The van der Waals surface area contributed by atoms with Gasteiger partial charge < -0.3 is 5.32 Å². The van der Waals surface area contributed by atoms with E-state index in [-0.39, 0.29) is 0 Å². The van der Waals surface area contributed by atoms with Gasteiger partial charge in [-0.1, -0.05) is 70.2 Å². The second kappa shape index (κ2) is 10.8. The van der Waals surface area contributed by atoms with Gasteiger partial charge in [-0.05, 0) is 44.2 Å². The molecule has 1 N–H and O–H groups in total. The lowest BCUT2D eigenvalue weighted by atomic mass is 10.0. The predicted molar refractivity (Wildman–Crippen MR) is 94.8 cm³/mol. The largest absolute Gasteiger partial charge is 0.308 e. The van der Waals surface area contributed by atoms with Crippen LogP contribution in [-0.4, -0.2) is 6.04 Å². The topological polar surface area (TPSA) is 12.0 Å². The summed E-state index contributed by atoms with van der Waals surface area (Å²) in [5.74, 6) is 0. The van der Waals surface area contributed by atoms with E-state index in [0.29, 0.717) is 12.1 Å². The van der Waals surface area contributed by atoms with Gasteiger partial charge in [0.15, 0.2) is 0 Å². The van der Waals surface area contributed by atoms with E-state index in [0.717, 1.165) is 0 Å². The highest BCUT2D eigenvalue weighted by atomic mass is 14.9. The van der Waals surface area contributed by atoms with Gasteiger partial charge in [-0.2, -0.15) is 0 Å². The maximum atomic E-state index is 3.74.